The molecule has 0 bridgehead atoms. The molecule has 0 aliphatic rings. The predicted octanol–water partition coefficient (Wildman–Crippen LogP) is 5.64. The Labute approximate surface area is 144 Å². The molecule has 23 heavy (non-hydrogen) atoms. The molecular weight excluding hydrogens is 288 g/mol. The van der Waals surface area contributed by atoms with Gasteiger partial charge in [-0.15, -0.1) is 0 Å². The van der Waals surface area contributed by atoms with E-state index in [0.29, 0.717) is 0 Å². The van der Waals surface area contributed by atoms with Crippen molar-refractivity contribution >= 4 is 5.97 Å². The number of unbranched alkanes of at least 4 members (excludes halogenated alkanes) is 13. The van der Waals surface area contributed by atoms with Gasteiger partial charge >= 0.3 is 5.97 Å². The van der Waals surface area contributed by atoms with Gasteiger partial charge in [-0.05, 0) is 6.42 Å². The summed E-state index contributed by atoms with van der Waals surface area (Å²) >= 11 is 0. The molecule has 0 amide bonds. The van der Waals surface area contributed by atoms with Gasteiger partial charge in [-0.1, -0.05) is 96.8 Å². The zero-order chi connectivity index (χ0) is 17.2. The van der Waals surface area contributed by atoms with E-state index in [4.69, 9.17) is 5.11 Å². The average Bonchev–Trinajstić information content (AvgIpc) is 2.58. The fourth-order valence-corrected chi connectivity index (χ4v) is 3.04. The van der Waals surface area contributed by atoms with Gasteiger partial charge in [-0.25, -0.2) is 0 Å². The molecule has 0 aliphatic heterocycles. The Hall–Kier alpha value is -0.570. The molecule has 0 rings (SSSR count). The molecule has 138 valence electrons. The number of hydrogen-bond donors (Lipinski definition) is 1. The van der Waals surface area contributed by atoms with Gasteiger partial charge in [-0.2, -0.15) is 0 Å². The Balaban J connectivity index is 3.20. The van der Waals surface area contributed by atoms with Crippen molar-refractivity contribution in [1.82, 2.24) is 0 Å². The number of rotatable bonds is 17. The lowest BCUT2D eigenvalue weighted by atomic mass is 10.0. The average molecular weight is 329 g/mol. The van der Waals surface area contributed by atoms with Gasteiger partial charge in [0.1, 0.15) is 0 Å². The van der Waals surface area contributed by atoms with E-state index in [1.807, 2.05) is 0 Å². The molecule has 1 N–H and O–H groups in total. The van der Waals surface area contributed by atoms with Gasteiger partial charge in [0.15, 0.2) is 0 Å². The number of hydrogen-bond acceptors (Lipinski definition) is 3. The van der Waals surface area contributed by atoms with Crippen LogP contribution in [-0.2, 0) is 9.53 Å². The Morgan fingerprint density at radius 1 is 0.783 bits per heavy atom. The molecule has 0 aromatic carbocycles. The monoisotopic (exact) mass is 328 g/mol. The first kappa shape index (κ1) is 22.4. The van der Waals surface area contributed by atoms with E-state index in [9.17, 15) is 4.79 Å². The van der Waals surface area contributed by atoms with Crippen LogP contribution in [0.5, 0.6) is 0 Å². The van der Waals surface area contributed by atoms with Crippen molar-refractivity contribution in [3.8, 4) is 0 Å². The van der Waals surface area contributed by atoms with E-state index < -0.39 is 0 Å². The summed E-state index contributed by atoms with van der Waals surface area (Å²) in [7, 11) is 1.39. The van der Waals surface area contributed by atoms with Crippen molar-refractivity contribution in [2.24, 2.45) is 5.92 Å². The fourth-order valence-electron chi connectivity index (χ4n) is 3.04. The van der Waals surface area contributed by atoms with E-state index >= 15 is 0 Å². The first-order valence-electron chi connectivity index (χ1n) is 9.95. The summed E-state index contributed by atoms with van der Waals surface area (Å²) in [6, 6.07) is 0. The third-order valence-corrected chi connectivity index (χ3v) is 4.66. The summed E-state index contributed by atoms with van der Waals surface area (Å²) < 4.78 is 4.67. The van der Waals surface area contributed by atoms with Gasteiger partial charge in [0.2, 0.25) is 0 Å². The highest BCUT2D eigenvalue weighted by Crippen LogP contribution is 2.15. The van der Waals surface area contributed by atoms with Crippen LogP contribution in [0.4, 0.5) is 0 Å². The second kappa shape index (κ2) is 17.8. The molecule has 0 aromatic rings. The zero-order valence-electron chi connectivity index (χ0n) is 15.7. The normalized spacial score (nSPS) is 12.3. The topological polar surface area (TPSA) is 46.5 Å². The molecule has 1 atom stereocenters. The highest BCUT2D eigenvalue weighted by molar-refractivity contribution is 5.72. The summed E-state index contributed by atoms with van der Waals surface area (Å²) in [5.41, 5.74) is 0. The summed E-state index contributed by atoms with van der Waals surface area (Å²) in [5.74, 6) is -0.598. The van der Waals surface area contributed by atoms with Gasteiger partial charge < -0.3 is 9.84 Å². The van der Waals surface area contributed by atoms with E-state index in [0.717, 1.165) is 19.3 Å². The van der Waals surface area contributed by atoms with Crippen LogP contribution >= 0.6 is 0 Å². The summed E-state index contributed by atoms with van der Waals surface area (Å²) in [5, 5.41) is 9.13. The Morgan fingerprint density at radius 3 is 1.52 bits per heavy atom. The molecule has 0 aliphatic carbocycles. The van der Waals surface area contributed by atoms with Crippen LogP contribution in [0.25, 0.3) is 0 Å². The van der Waals surface area contributed by atoms with Crippen molar-refractivity contribution in [3.63, 3.8) is 0 Å². The molecule has 0 heterocycles. The van der Waals surface area contributed by atoms with Gasteiger partial charge in [0, 0.05) is 0 Å². The number of carbonyl (C=O) groups excluding carboxylic acids is 1. The van der Waals surface area contributed by atoms with Crippen molar-refractivity contribution in [2.45, 2.75) is 103 Å². The minimum absolute atomic E-state index is 0.0921. The third-order valence-electron chi connectivity index (χ3n) is 4.66. The van der Waals surface area contributed by atoms with Crippen LogP contribution in [-0.4, -0.2) is 24.8 Å². The number of ether oxygens (including phenoxy) is 1. The molecule has 1 unspecified atom stereocenters. The number of carbonyl (C=O) groups is 1. The van der Waals surface area contributed by atoms with E-state index in [-0.39, 0.29) is 18.5 Å². The standard InChI is InChI=1S/C20H40O3/c1-3-4-5-6-7-8-9-10-11-12-13-14-15-16-17-19(18-21)20(22)23-2/h19,21H,3-18H2,1-2H3. The minimum Gasteiger partial charge on any atom is -0.469 e. The number of esters is 1. The minimum atomic E-state index is -0.322. The van der Waals surface area contributed by atoms with Crippen LogP contribution < -0.4 is 0 Å². The molecular formula is C20H40O3. The molecule has 0 saturated carbocycles. The maximum Gasteiger partial charge on any atom is 0.310 e. The predicted molar refractivity (Wildman–Crippen MR) is 97.5 cm³/mol. The maximum atomic E-state index is 11.3. The SMILES string of the molecule is CCCCCCCCCCCCCCCCC(CO)C(=O)OC. The van der Waals surface area contributed by atoms with Gasteiger partial charge in [0.05, 0.1) is 19.6 Å². The molecule has 3 heteroatoms. The van der Waals surface area contributed by atoms with E-state index in [2.05, 4.69) is 11.7 Å². The zero-order valence-corrected chi connectivity index (χ0v) is 15.7. The Kier molecular flexibility index (Phi) is 17.3. The first-order chi connectivity index (χ1) is 11.3. The second-order valence-corrected chi connectivity index (χ2v) is 6.79. The number of aliphatic hydroxyl groups excluding tert-OH is 1. The highest BCUT2D eigenvalue weighted by atomic mass is 16.5. The molecule has 3 nitrogen and oxygen atoms in total. The molecule has 0 radical (unpaired) electrons. The van der Waals surface area contributed by atoms with E-state index in [1.54, 1.807) is 0 Å². The summed E-state index contributed by atoms with van der Waals surface area (Å²) in [6.07, 6.45) is 19.4. The lowest BCUT2D eigenvalue weighted by Gasteiger charge is -2.11. The third kappa shape index (κ3) is 14.7. The van der Waals surface area contributed by atoms with Crippen molar-refractivity contribution in [2.75, 3.05) is 13.7 Å². The van der Waals surface area contributed by atoms with Gasteiger partial charge in [-0.3, -0.25) is 4.79 Å². The number of methoxy groups -OCH3 is 1. The van der Waals surface area contributed by atoms with Crippen LogP contribution in [0.2, 0.25) is 0 Å². The molecule has 0 saturated heterocycles. The number of aliphatic hydroxyl groups is 1. The van der Waals surface area contributed by atoms with Crippen molar-refractivity contribution in [3.05, 3.63) is 0 Å². The van der Waals surface area contributed by atoms with E-state index in [1.165, 1.54) is 84.2 Å². The van der Waals surface area contributed by atoms with Crippen molar-refractivity contribution in [1.29, 1.82) is 0 Å². The quantitative estimate of drug-likeness (QED) is 0.278. The fraction of sp³-hybridized carbons (Fsp3) is 0.950. The Bertz CT molecular complexity index is 253. The lowest BCUT2D eigenvalue weighted by Crippen LogP contribution is -2.19. The van der Waals surface area contributed by atoms with Crippen LogP contribution in [0, 0.1) is 5.92 Å². The highest BCUT2D eigenvalue weighted by Gasteiger charge is 2.16. The maximum absolute atomic E-state index is 11.3. The summed E-state index contributed by atoms with van der Waals surface area (Å²) in [4.78, 5) is 11.3. The molecule has 0 spiro atoms. The van der Waals surface area contributed by atoms with Crippen LogP contribution in [0.1, 0.15) is 103 Å². The summed E-state index contributed by atoms with van der Waals surface area (Å²) in [6.45, 7) is 2.18. The molecule has 0 aromatic heterocycles. The second-order valence-electron chi connectivity index (χ2n) is 6.79. The van der Waals surface area contributed by atoms with Gasteiger partial charge in [0.25, 0.3) is 0 Å². The largest absolute Gasteiger partial charge is 0.469 e. The van der Waals surface area contributed by atoms with Crippen LogP contribution in [0.3, 0.4) is 0 Å². The first-order valence-corrected chi connectivity index (χ1v) is 9.95. The lowest BCUT2D eigenvalue weighted by molar-refractivity contribution is -0.147. The molecule has 0 fully saturated rings. The Morgan fingerprint density at radius 2 is 1.17 bits per heavy atom. The van der Waals surface area contributed by atoms with Crippen molar-refractivity contribution < 1.29 is 14.6 Å². The van der Waals surface area contributed by atoms with Crippen LogP contribution in [0.15, 0.2) is 0 Å². The smallest absolute Gasteiger partial charge is 0.310 e.